The Morgan fingerprint density at radius 3 is 2.41 bits per heavy atom. The number of aromatic hydroxyl groups is 3. The Balaban J connectivity index is 0.000000287. The van der Waals surface area contributed by atoms with Crippen LogP contribution in [0.4, 0.5) is 0 Å². The lowest BCUT2D eigenvalue weighted by atomic mass is 10.2. The fraction of sp³-hybridized carbons (Fsp3) is 0.231. The second kappa shape index (κ2) is 7.86. The number of carbonyl (C=O) groups excluding carboxylic acids is 2. The zero-order chi connectivity index (χ0) is 16.7. The van der Waals surface area contributed by atoms with Gasteiger partial charge in [0.2, 0.25) is 0 Å². The van der Waals surface area contributed by atoms with Crippen molar-refractivity contribution >= 4 is 11.9 Å². The number of hydroxylamine groups is 1. The van der Waals surface area contributed by atoms with Crippen LogP contribution in [0, 0.1) is 0 Å². The van der Waals surface area contributed by atoms with Gasteiger partial charge in [0.05, 0.1) is 12.2 Å². The summed E-state index contributed by atoms with van der Waals surface area (Å²) in [5, 5.41) is 27.3. The van der Waals surface area contributed by atoms with E-state index in [0.29, 0.717) is 6.61 Å². The van der Waals surface area contributed by atoms with Gasteiger partial charge < -0.3 is 25.8 Å². The lowest BCUT2D eigenvalue weighted by Gasteiger charge is -2.05. The Kier molecular flexibility index (Phi) is 6.17. The van der Waals surface area contributed by atoms with Crippen LogP contribution in [-0.2, 0) is 14.4 Å². The first-order valence-electron chi connectivity index (χ1n) is 6.07. The third-order valence-electron chi connectivity index (χ3n) is 2.41. The number of ether oxygens (including phenoxy) is 1. The molecule has 1 fully saturated rings. The van der Waals surface area contributed by atoms with Crippen LogP contribution >= 0.6 is 0 Å². The Labute approximate surface area is 125 Å². The Morgan fingerprint density at radius 1 is 1.45 bits per heavy atom. The maximum absolute atomic E-state index is 11.2. The van der Waals surface area contributed by atoms with E-state index in [1.54, 1.807) is 0 Å². The molecular formula is C13H16N2O7. The van der Waals surface area contributed by atoms with Crippen molar-refractivity contribution in [1.29, 1.82) is 0 Å². The van der Waals surface area contributed by atoms with E-state index in [9.17, 15) is 9.59 Å². The highest BCUT2D eigenvalue weighted by atomic mass is 16.7. The van der Waals surface area contributed by atoms with Crippen LogP contribution in [0.3, 0.4) is 0 Å². The highest BCUT2D eigenvalue weighted by Gasteiger charge is 2.19. The number of phenolic OH excluding ortho intramolecular Hbond substituents is 3. The third kappa shape index (κ3) is 4.65. The zero-order valence-electron chi connectivity index (χ0n) is 11.5. The summed E-state index contributed by atoms with van der Waals surface area (Å²) in [7, 11) is 0. The number of hydrogen-bond donors (Lipinski definition) is 5. The fourth-order valence-corrected chi connectivity index (χ4v) is 1.29. The summed E-state index contributed by atoms with van der Waals surface area (Å²) in [5.74, 6) is -2.79. The summed E-state index contributed by atoms with van der Waals surface area (Å²) < 4.78 is 4.67. The molecule has 1 aromatic carbocycles. The van der Waals surface area contributed by atoms with Crippen molar-refractivity contribution in [3.8, 4) is 17.2 Å². The van der Waals surface area contributed by atoms with Crippen molar-refractivity contribution < 1.29 is 34.5 Å². The fourth-order valence-electron chi connectivity index (χ4n) is 1.29. The van der Waals surface area contributed by atoms with Gasteiger partial charge in [0.1, 0.15) is 12.6 Å². The summed E-state index contributed by atoms with van der Waals surface area (Å²) in [6, 6.07) is 1.54. The van der Waals surface area contributed by atoms with E-state index in [4.69, 9.17) is 21.1 Å². The highest BCUT2D eigenvalue weighted by molar-refractivity contribution is 5.91. The molecule has 6 N–H and O–H groups in total. The van der Waals surface area contributed by atoms with E-state index in [1.165, 1.54) is 6.08 Å². The van der Waals surface area contributed by atoms with Crippen molar-refractivity contribution in [3.05, 3.63) is 30.4 Å². The van der Waals surface area contributed by atoms with Crippen LogP contribution in [0.25, 0.3) is 0 Å². The molecule has 1 aliphatic rings. The predicted octanol–water partition coefficient (Wildman–Crippen LogP) is -0.479. The second-order valence-electron chi connectivity index (χ2n) is 4.13. The second-order valence-corrected chi connectivity index (χ2v) is 4.13. The number of carbonyl (C=O) groups is 2. The average molecular weight is 312 g/mol. The molecule has 0 saturated carbocycles. The van der Waals surface area contributed by atoms with Crippen molar-refractivity contribution in [2.24, 2.45) is 5.73 Å². The number of rotatable bonds is 3. The minimum absolute atomic E-state index is 0.0290. The van der Waals surface area contributed by atoms with Gasteiger partial charge in [0.15, 0.2) is 17.2 Å². The van der Waals surface area contributed by atoms with Crippen molar-refractivity contribution in [1.82, 2.24) is 5.48 Å². The van der Waals surface area contributed by atoms with Crippen LogP contribution in [-0.4, -0.2) is 46.5 Å². The molecule has 1 aromatic rings. The van der Waals surface area contributed by atoms with E-state index in [-0.39, 0.29) is 18.1 Å². The van der Waals surface area contributed by atoms with Gasteiger partial charge in [-0.05, 0) is 12.1 Å². The number of esters is 1. The molecule has 9 heteroatoms. The van der Waals surface area contributed by atoms with E-state index in [0.717, 1.165) is 12.1 Å². The Bertz CT molecular complexity index is 551. The maximum atomic E-state index is 11.2. The first kappa shape index (κ1) is 17.3. The molecule has 1 saturated heterocycles. The van der Waals surface area contributed by atoms with Crippen LogP contribution in [0.5, 0.6) is 17.2 Å². The first-order chi connectivity index (χ1) is 10.4. The first-order valence-corrected chi connectivity index (χ1v) is 6.07. The van der Waals surface area contributed by atoms with Gasteiger partial charge in [-0.1, -0.05) is 12.7 Å². The van der Waals surface area contributed by atoms with Crippen LogP contribution < -0.4 is 11.2 Å². The number of nitrogens with one attached hydrogen (secondary N) is 1. The molecule has 0 spiro atoms. The molecule has 0 unspecified atom stereocenters. The third-order valence-corrected chi connectivity index (χ3v) is 2.41. The molecule has 120 valence electrons. The van der Waals surface area contributed by atoms with Crippen LogP contribution in [0.15, 0.2) is 24.8 Å². The smallest absolute Gasteiger partial charge is 0.338 e. The van der Waals surface area contributed by atoms with Crippen LogP contribution in [0.2, 0.25) is 0 Å². The SMILES string of the molecule is C=CCOC(=O)c1cc(O)c(O)c(O)c1.N[C@@H]1CONC1=O. The number of hydrogen-bond acceptors (Lipinski definition) is 8. The number of nitrogens with two attached hydrogens (primary N) is 1. The van der Waals surface area contributed by atoms with Crippen molar-refractivity contribution in [2.45, 2.75) is 6.04 Å². The zero-order valence-corrected chi connectivity index (χ0v) is 11.5. The number of amides is 1. The molecule has 1 atom stereocenters. The van der Waals surface area contributed by atoms with Gasteiger partial charge in [-0.15, -0.1) is 0 Å². The van der Waals surface area contributed by atoms with Crippen LogP contribution in [0.1, 0.15) is 10.4 Å². The molecule has 0 aromatic heterocycles. The van der Waals surface area contributed by atoms with Gasteiger partial charge in [-0.2, -0.15) is 0 Å². The topological polar surface area (TPSA) is 151 Å². The van der Waals surface area contributed by atoms with Crippen molar-refractivity contribution in [2.75, 3.05) is 13.2 Å². The van der Waals surface area contributed by atoms with Gasteiger partial charge in [0, 0.05) is 0 Å². The van der Waals surface area contributed by atoms with Gasteiger partial charge in [-0.25, -0.2) is 10.3 Å². The molecule has 0 radical (unpaired) electrons. The molecule has 1 amide bonds. The monoisotopic (exact) mass is 312 g/mol. The molecule has 1 aliphatic heterocycles. The normalized spacial score (nSPS) is 16.2. The minimum Gasteiger partial charge on any atom is -0.504 e. The van der Waals surface area contributed by atoms with Gasteiger partial charge in [0.25, 0.3) is 5.91 Å². The largest absolute Gasteiger partial charge is 0.504 e. The summed E-state index contributed by atoms with van der Waals surface area (Å²) in [6.07, 6.45) is 1.39. The Hall–Kier alpha value is -2.78. The van der Waals surface area contributed by atoms with Gasteiger partial charge >= 0.3 is 5.97 Å². The molecule has 0 aliphatic carbocycles. The average Bonchev–Trinajstić information content (AvgIpc) is 2.86. The quantitative estimate of drug-likeness (QED) is 0.285. The van der Waals surface area contributed by atoms with E-state index in [2.05, 4.69) is 21.6 Å². The van der Waals surface area contributed by atoms with E-state index >= 15 is 0 Å². The standard InChI is InChI=1S/C10H10O5.C3H6N2O2/c1-2-3-15-10(14)6-4-7(11)9(13)8(12)5-6;4-2-1-7-5-3(2)6/h2,4-5,11-13H,1,3H2;2H,1,4H2,(H,5,6)/t;2-/m.1/s1. The maximum Gasteiger partial charge on any atom is 0.338 e. The molecule has 0 bridgehead atoms. The van der Waals surface area contributed by atoms with Crippen molar-refractivity contribution in [3.63, 3.8) is 0 Å². The molecule has 9 nitrogen and oxygen atoms in total. The summed E-state index contributed by atoms with van der Waals surface area (Å²) in [4.78, 5) is 25.9. The molecule has 22 heavy (non-hydrogen) atoms. The number of benzene rings is 1. The number of phenols is 3. The Morgan fingerprint density at radius 2 is 2.05 bits per heavy atom. The molecular weight excluding hydrogens is 296 g/mol. The molecule has 2 rings (SSSR count). The predicted molar refractivity (Wildman–Crippen MR) is 74.0 cm³/mol. The van der Waals surface area contributed by atoms with E-state index in [1.807, 2.05) is 0 Å². The summed E-state index contributed by atoms with van der Waals surface area (Å²) in [6.45, 7) is 3.68. The summed E-state index contributed by atoms with van der Waals surface area (Å²) >= 11 is 0. The van der Waals surface area contributed by atoms with Gasteiger partial charge in [-0.3, -0.25) is 9.63 Å². The van der Waals surface area contributed by atoms with E-state index < -0.39 is 29.3 Å². The minimum atomic E-state index is -0.722. The lowest BCUT2D eigenvalue weighted by molar-refractivity contribution is -0.124. The summed E-state index contributed by atoms with van der Waals surface area (Å²) in [5.41, 5.74) is 7.20. The molecule has 1 heterocycles. The lowest BCUT2D eigenvalue weighted by Crippen LogP contribution is -2.31. The highest BCUT2D eigenvalue weighted by Crippen LogP contribution is 2.35.